The van der Waals surface area contributed by atoms with Crippen molar-refractivity contribution in [3.63, 3.8) is 0 Å². The first-order chi connectivity index (χ1) is 6.57. The first-order valence-corrected chi connectivity index (χ1v) is 4.89. The lowest BCUT2D eigenvalue weighted by molar-refractivity contribution is -0.119. The number of amides is 1. The number of rotatable bonds is 4. The van der Waals surface area contributed by atoms with E-state index in [9.17, 15) is 4.79 Å². The average molecular weight is 195 g/mol. The molecule has 2 N–H and O–H groups in total. The summed E-state index contributed by atoms with van der Waals surface area (Å²) in [5.41, 5.74) is 6.15. The van der Waals surface area contributed by atoms with Crippen LogP contribution in [-0.2, 0) is 4.79 Å². The highest BCUT2D eigenvalue weighted by molar-refractivity contribution is 5.80. The Morgan fingerprint density at radius 2 is 2.29 bits per heavy atom. The normalized spacial score (nSPS) is 15.1. The molecule has 0 spiro atoms. The van der Waals surface area contributed by atoms with Crippen LogP contribution in [0.2, 0.25) is 0 Å². The minimum Gasteiger partial charge on any atom is -0.369 e. The van der Waals surface area contributed by atoms with Crippen molar-refractivity contribution in [1.29, 1.82) is 0 Å². The third-order valence-electron chi connectivity index (χ3n) is 2.63. The predicted octanol–water partition coefficient (Wildman–Crippen LogP) is 1.44. The Morgan fingerprint density at radius 3 is 2.79 bits per heavy atom. The van der Waals surface area contributed by atoms with Crippen molar-refractivity contribution >= 4 is 5.91 Å². The van der Waals surface area contributed by atoms with Crippen LogP contribution in [0.15, 0.2) is 12.5 Å². The summed E-state index contributed by atoms with van der Waals surface area (Å²) in [7, 11) is 0. The van der Waals surface area contributed by atoms with Gasteiger partial charge in [0.15, 0.2) is 0 Å². The molecule has 1 aromatic heterocycles. The Hall–Kier alpha value is -1.32. The average Bonchev–Trinajstić information content (AvgIpc) is 2.63. The third-order valence-corrected chi connectivity index (χ3v) is 2.63. The molecule has 2 atom stereocenters. The fourth-order valence-corrected chi connectivity index (χ4v) is 1.36. The molecular formula is C10H17N3O. The van der Waals surface area contributed by atoms with Crippen molar-refractivity contribution < 1.29 is 4.79 Å². The quantitative estimate of drug-likeness (QED) is 0.790. The zero-order chi connectivity index (χ0) is 10.7. The van der Waals surface area contributed by atoms with Gasteiger partial charge >= 0.3 is 0 Å². The molecular weight excluding hydrogens is 178 g/mol. The summed E-state index contributed by atoms with van der Waals surface area (Å²) in [6.45, 7) is 6.00. The van der Waals surface area contributed by atoms with E-state index < -0.39 is 0 Å². The van der Waals surface area contributed by atoms with E-state index in [1.807, 2.05) is 4.57 Å². The number of primary amides is 1. The first kappa shape index (κ1) is 10.8. The lowest BCUT2D eigenvalue weighted by atomic mass is 10.1. The maximum atomic E-state index is 11.0. The topological polar surface area (TPSA) is 60.9 Å². The van der Waals surface area contributed by atoms with Gasteiger partial charge in [-0.05, 0) is 20.3 Å². The smallest absolute Gasteiger partial charge is 0.226 e. The van der Waals surface area contributed by atoms with Gasteiger partial charge < -0.3 is 10.3 Å². The number of hydrogen-bond acceptors (Lipinski definition) is 2. The third kappa shape index (κ3) is 1.95. The van der Waals surface area contributed by atoms with E-state index in [0.717, 1.165) is 12.1 Å². The second kappa shape index (κ2) is 4.26. The van der Waals surface area contributed by atoms with Gasteiger partial charge in [-0.3, -0.25) is 4.79 Å². The fraction of sp³-hybridized carbons (Fsp3) is 0.600. The van der Waals surface area contributed by atoms with Gasteiger partial charge in [-0.15, -0.1) is 0 Å². The number of carbonyl (C=O) groups is 1. The summed E-state index contributed by atoms with van der Waals surface area (Å²) in [6, 6.07) is 0.356. The van der Waals surface area contributed by atoms with Crippen LogP contribution in [-0.4, -0.2) is 15.5 Å². The zero-order valence-electron chi connectivity index (χ0n) is 8.90. The summed E-state index contributed by atoms with van der Waals surface area (Å²) < 4.78 is 2.01. The highest BCUT2D eigenvalue weighted by Gasteiger charge is 2.17. The van der Waals surface area contributed by atoms with Gasteiger partial charge in [-0.2, -0.15) is 0 Å². The molecule has 1 amide bonds. The summed E-state index contributed by atoms with van der Waals surface area (Å²) in [5, 5.41) is 0. The fourth-order valence-electron chi connectivity index (χ4n) is 1.36. The van der Waals surface area contributed by atoms with E-state index in [0.29, 0.717) is 6.04 Å². The van der Waals surface area contributed by atoms with Gasteiger partial charge in [0.05, 0.1) is 12.2 Å². The van der Waals surface area contributed by atoms with E-state index in [-0.39, 0.29) is 11.8 Å². The van der Waals surface area contributed by atoms with Crippen molar-refractivity contribution in [2.45, 2.75) is 39.2 Å². The van der Waals surface area contributed by atoms with E-state index >= 15 is 0 Å². The van der Waals surface area contributed by atoms with E-state index in [2.05, 4.69) is 18.8 Å². The predicted molar refractivity (Wildman–Crippen MR) is 54.8 cm³/mol. The number of aromatic nitrogens is 2. The van der Waals surface area contributed by atoms with E-state index in [1.54, 1.807) is 19.4 Å². The lowest BCUT2D eigenvalue weighted by Gasteiger charge is -2.16. The summed E-state index contributed by atoms with van der Waals surface area (Å²) >= 11 is 0. The summed E-state index contributed by atoms with van der Waals surface area (Å²) in [5.74, 6) is -0.582. The number of imidazole rings is 1. The van der Waals surface area contributed by atoms with E-state index in [4.69, 9.17) is 5.73 Å². The summed E-state index contributed by atoms with van der Waals surface area (Å²) in [4.78, 5) is 15.1. The van der Waals surface area contributed by atoms with Crippen molar-refractivity contribution in [1.82, 2.24) is 9.55 Å². The zero-order valence-corrected chi connectivity index (χ0v) is 8.90. The molecule has 0 bridgehead atoms. The number of nitrogens with two attached hydrogens (primary N) is 1. The van der Waals surface area contributed by atoms with Crippen LogP contribution >= 0.6 is 0 Å². The Bertz CT molecular complexity index is 319. The number of carbonyl (C=O) groups excluding carboxylic acids is 1. The monoisotopic (exact) mass is 195 g/mol. The van der Waals surface area contributed by atoms with Crippen molar-refractivity contribution in [3.8, 4) is 0 Å². The minimum absolute atomic E-state index is 0.272. The molecule has 0 aromatic carbocycles. The molecule has 1 aromatic rings. The van der Waals surface area contributed by atoms with Gasteiger partial charge in [0.25, 0.3) is 0 Å². The Labute approximate surface area is 84.1 Å². The molecule has 4 nitrogen and oxygen atoms in total. The van der Waals surface area contributed by atoms with Crippen molar-refractivity contribution in [2.75, 3.05) is 0 Å². The molecule has 2 unspecified atom stereocenters. The van der Waals surface area contributed by atoms with Gasteiger partial charge in [0.2, 0.25) is 5.91 Å². The molecule has 0 saturated heterocycles. The molecule has 0 aliphatic heterocycles. The number of hydrogen-bond donors (Lipinski definition) is 1. The second-order valence-corrected chi connectivity index (χ2v) is 3.61. The molecule has 0 fully saturated rings. The van der Waals surface area contributed by atoms with Gasteiger partial charge in [-0.25, -0.2) is 4.98 Å². The summed E-state index contributed by atoms with van der Waals surface area (Å²) in [6.07, 6.45) is 4.47. The standard InChI is InChI=1S/C10H17N3O/c1-4-7(2)13-6-12-5-9(13)8(3)10(11)14/h5-8H,4H2,1-3H3,(H2,11,14). The Kier molecular flexibility index (Phi) is 3.28. The van der Waals surface area contributed by atoms with Crippen LogP contribution in [0.25, 0.3) is 0 Å². The minimum atomic E-state index is -0.310. The van der Waals surface area contributed by atoms with Gasteiger partial charge in [-0.1, -0.05) is 6.92 Å². The Balaban J connectivity index is 2.98. The SMILES string of the molecule is CCC(C)n1cncc1C(C)C(N)=O. The first-order valence-electron chi connectivity index (χ1n) is 4.89. The maximum absolute atomic E-state index is 11.0. The van der Waals surface area contributed by atoms with Crippen LogP contribution in [0.1, 0.15) is 44.8 Å². The Morgan fingerprint density at radius 1 is 1.64 bits per heavy atom. The number of nitrogens with zero attached hydrogens (tertiary/aromatic N) is 2. The molecule has 4 heteroatoms. The second-order valence-electron chi connectivity index (χ2n) is 3.61. The molecule has 1 rings (SSSR count). The molecule has 78 valence electrons. The van der Waals surface area contributed by atoms with Crippen molar-refractivity contribution in [3.05, 3.63) is 18.2 Å². The maximum Gasteiger partial charge on any atom is 0.226 e. The van der Waals surface area contributed by atoms with Crippen LogP contribution in [0.4, 0.5) is 0 Å². The molecule has 0 aliphatic rings. The van der Waals surface area contributed by atoms with Crippen LogP contribution in [0.3, 0.4) is 0 Å². The van der Waals surface area contributed by atoms with Gasteiger partial charge in [0.1, 0.15) is 0 Å². The molecule has 0 radical (unpaired) electrons. The largest absolute Gasteiger partial charge is 0.369 e. The van der Waals surface area contributed by atoms with Crippen LogP contribution in [0, 0.1) is 0 Å². The molecule has 0 aliphatic carbocycles. The van der Waals surface area contributed by atoms with Crippen LogP contribution < -0.4 is 5.73 Å². The lowest BCUT2D eigenvalue weighted by Crippen LogP contribution is -2.22. The van der Waals surface area contributed by atoms with Crippen LogP contribution in [0.5, 0.6) is 0 Å². The van der Waals surface area contributed by atoms with E-state index in [1.165, 1.54) is 0 Å². The molecule has 1 heterocycles. The molecule has 0 saturated carbocycles. The highest BCUT2D eigenvalue weighted by atomic mass is 16.1. The molecule has 14 heavy (non-hydrogen) atoms. The van der Waals surface area contributed by atoms with Gasteiger partial charge in [0, 0.05) is 17.9 Å². The van der Waals surface area contributed by atoms with Crippen molar-refractivity contribution in [2.24, 2.45) is 5.73 Å². The highest BCUT2D eigenvalue weighted by Crippen LogP contribution is 2.20.